The number of benzene rings is 2. The second-order valence-corrected chi connectivity index (χ2v) is 16.4. The topological polar surface area (TPSA) is 77.0 Å². The number of aliphatic hydroxyl groups is 1. The highest BCUT2D eigenvalue weighted by Crippen LogP contribution is 2.40. The van der Waals surface area contributed by atoms with Crippen LogP contribution in [0.4, 0.5) is 5.69 Å². The third-order valence-electron chi connectivity index (χ3n) is 11.0. The molecule has 0 heterocycles. The van der Waals surface area contributed by atoms with Crippen LogP contribution in [-0.4, -0.2) is 30.8 Å². The van der Waals surface area contributed by atoms with E-state index in [-0.39, 0.29) is 11.7 Å². The van der Waals surface area contributed by atoms with Crippen LogP contribution in [0, 0.1) is 0 Å². The van der Waals surface area contributed by atoms with Gasteiger partial charge in [-0.05, 0) is 55.7 Å². The van der Waals surface area contributed by atoms with E-state index in [1.807, 2.05) is 12.1 Å². The van der Waals surface area contributed by atoms with Crippen molar-refractivity contribution < 1.29 is 24.1 Å². The van der Waals surface area contributed by atoms with Crippen LogP contribution in [-0.2, 0) is 0 Å². The first-order valence-corrected chi connectivity index (χ1v) is 23.9. The van der Waals surface area contributed by atoms with Gasteiger partial charge < -0.3 is 24.6 Å². The molecule has 0 unspecified atom stereocenters. The molecule has 0 bridgehead atoms. The molecule has 2 rings (SSSR count). The summed E-state index contributed by atoms with van der Waals surface area (Å²) in [5, 5.41) is 12.8. The van der Waals surface area contributed by atoms with Crippen molar-refractivity contribution in [3.05, 3.63) is 54.1 Å². The number of anilines is 1. The van der Waals surface area contributed by atoms with Gasteiger partial charge in [-0.25, -0.2) is 0 Å². The van der Waals surface area contributed by atoms with Crippen molar-refractivity contribution in [3.8, 4) is 17.2 Å². The molecule has 0 aliphatic carbocycles. The molecule has 0 saturated heterocycles. The van der Waals surface area contributed by atoms with Gasteiger partial charge in [0.2, 0.25) is 5.75 Å². The maximum atomic E-state index is 13.7. The molecule has 57 heavy (non-hydrogen) atoms. The smallest absolute Gasteiger partial charge is 0.255 e. The van der Waals surface area contributed by atoms with Gasteiger partial charge in [0, 0.05) is 16.8 Å². The minimum atomic E-state index is -0.251. The molecule has 6 nitrogen and oxygen atoms in total. The van der Waals surface area contributed by atoms with E-state index in [1.54, 1.807) is 24.3 Å². The number of carbonyl (C=O) groups is 1. The Kier molecular flexibility index (Phi) is 30.6. The van der Waals surface area contributed by atoms with Crippen molar-refractivity contribution in [2.45, 2.75) is 213 Å². The van der Waals surface area contributed by atoms with Crippen LogP contribution in [0.25, 0.3) is 5.76 Å². The number of aliphatic hydroxyl groups excluding tert-OH is 1. The van der Waals surface area contributed by atoms with Crippen LogP contribution in [0.15, 0.2) is 43.0 Å². The van der Waals surface area contributed by atoms with Gasteiger partial charge >= 0.3 is 0 Å². The van der Waals surface area contributed by atoms with E-state index in [2.05, 4.69) is 32.7 Å². The lowest BCUT2D eigenvalue weighted by molar-refractivity contribution is 0.102. The summed E-state index contributed by atoms with van der Waals surface area (Å²) in [6, 6.07) is 10.6. The minimum Gasteiger partial charge on any atom is -0.508 e. The molecule has 0 atom stereocenters. The van der Waals surface area contributed by atoms with E-state index in [1.165, 1.54) is 154 Å². The lowest BCUT2D eigenvalue weighted by Gasteiger charge is -2.19. The van der Waals surface area contributed by atoms with Gasteiger partial charge in [0.25, 0.3) is 5.91 Å². The SMILES string of the molecule is C=C(O)c1ccc(NC(=O)c2cc(OCCCCCCCCCCCC)c(OCCCCCCCCCCCC)c(OCCCCCCCCCCCC)c2)cc1. The van der Waals surface area contributed by atoms with Crippen LogP contribution in [0.5, 0.6) is 17.2 Å². The van der Waals surface area contributed by atoms with Crippen molar-refractivity contribution in [2.75, 3.05) is 25.1 Å². The number of ether oxygens (including phenoxy) is 3. The first-order valence-electron chi connectivity index (χ1n) is 23.9. The van der Waals surface area contributed by atoms with Crippen molar-refractivity contribution in [3.63, 3.8) is 0 Å². The highest BCUT2D eigenvalue weighted by atomic mass is 16.5. The first-order chi connectivity index (χ1) is 28.0. The highest BCUT2D eigenvalue weighted by molar-refractivity contribution is 6.05. The molecule has 2 aromatic rings. The largest absolute Gasteiger partial charge is 0.508 e. The van der Waals surface area contributed by atoms with Gasteiger partial charge in [-0.1, -0.05) is 201 Å². The molecule has 324 valence electrons. The molecule has 0 spiro atoms. The summed E-state index contributed by atoms with van der Waals surface area (Å²) in [7, 11) is 0. The van der Waals surface area contributed by atoms with Crippen LogP contribution in [0.3, 0.4) is 0 Å². The third-order valence-corrected chi connectivity index (χ3v) is 11.0. The van der Waals surface area contributed by atoms with E-state index in [0.717, 1.165) is 38.5 Å². The van der Waals surface area contributed by atoms with Crippen LogP contribution in [0.2, 0.25) is 0 Å². The maximum Gasteiger partial charge on any atom is 0.255 e. The van der Waals surface area contributed by atoms with E-state index < -0.39 is 0 Å². The molecule has 6 heteroatoms. The standard InChI is InChI=1S/C51H85NO5/c1-5-8-11-14-17-20-23-26-29-32-39-55-48-42-46(51(54)52-47-37-35-45(36-38-47)44(4)53)43-49(56-40-33-30-27-24-21-18-15-12-9-6-2)50(48)57-41-34-31-28-25-22-19-16-13-10-7-3/h35-38,42-43,53H,4-34,39-41H2,1-3H3,(H,52,54). The zero-order valence-corrected chi connectivity index (χ0v) is 37.1. The molecule has 1 amide bonds. The minimum absolute atomic E-state index is 0.00494. The number of unbranched alkanes of at least 4 members (excludes halogenated alkanes) is 27. The predicted octanol–water partition coefficient (Wildman–Crippen LogP) is 16.4. The van der Waals surface area contributed by atoms with Crippen molar-refractivity contribution in [1.82, 2.24) is 0 Å². The summed E-state index contributed by atoms with van der Waals surface area (Å²) in [6.07, 6.45) is 37.9. The fourth-order valence-electron chi connectivity index (χ4n) is 7.32. The quantitative estimate of drug-likeness (QED) is 0.0521. The predicted molar refractivity (Wildman–Crippen MR) is 245 cm³/mol. The Labute approximate surface area is 350 Å². The van der Waals surface area contributed by atoms with Gasteiger partial charge in [0.05, 0.1) is 19.8 Å². The summed E-state index contributed by atoms with van der Waals surface area (Å²) in [6.45, 7) is 12.1. The average molecular weight is 792 g/mol. The first kappa shape index (κ1) is 50.0. The fraction of sp³-hybridized carbons (Fsp3) is 0.706. The van der Waals surface area contributed by atoms with Gasteiger partial charge in [-0.2, -0.15) is 0 Å². The molecule has 0 fully saturated rings. The van der Waals surface area contributed by atoms with E-state index in [4.69, 9.17) is 14.2 Å². The summed E-state index contributed by atoms with van der Waals surface area (Å²) in [5.74, 6) is 1.52. The Morgan fingerprint density at radius 1 is 0.474 bits per heavy atom. The molecule has 0 aliphatic heterocycles. The van der Waals surface area contributed by atoms with Crippen LogP contribution >= 0.6 is 0 Å². The van der Waals surface area contributed by atoms with Gasteiger partial charge in [-0.3, -0.25) is 4.79 Å². The zero-order valence-electron chi connectivity index (χ0n) is 37.1. The number of rotatable bonds is 39. The van der Waals surface area contributed by atoms with E-state index >= 15 is 0 Å². The third kappa shape index (κ3) is 25.1. The second-order valence-electron chi connectivity index (χ2n) is 16.4. The lowest BCUT2D eigenvalue weighted by atomic mass is 10.1. The molecular formula is C51H85NO5. The normalized spacial score (nSPS) is 11.1. The Hall–Kier alpha value is -3.15. The molecule has 0 aliphatic rings. The Balaban J connectivity index is 2.09. The maximum absolute atomic E-state index is 13.7. The monoisotopic (exact) mass is 792 g/mol. The number of carbonyl (C=O) groups excluding carboxylic acids is 1. The average Bonchev–Trinajstić information content (AvgIpc) is 3.21. The Morgan fingerprint density at radius 3 is 1.12 bits per heavy atom. The number of nitrogens with one attached hydrogen (secondary N) is 1. The van der Waals surface area contributed by atoms with Crippen molar-refractivity contribution in [2.24, 2.45) is 0 Å². The van der Waals surface area contributed by atoms with E-state index in [0.29, 0.717) is 53.9 Å². The molecule has 0 aromatic heterocycles. The lowest BCUT2D eigenvalue weighted by Crippen LogP contribution is -2.14. The number of hydrogen-bond acceptors (Lipinski definition) is 5. The van der Waals surface area contributed by atoms with E-state index in [9.17, 15) is 9.90 Å². The summed E-state index contributed by atoms with van der Waals surface area (Å²) in [5.41, 5.74) is 1.71. The number of amides is 1. The highest BCUT2D eigenvalue weighted by Gasteiger charge is 2.20. The summed E-state index contributed by atoms with van der Waals surface area (Å²) in [4.78, 5) is 13.7. The Morgan fingerprint density at radius 2 is 0.789 bits per heavy atom. The zero-order chi connectivity index (χ0) is 41.0. The van der Waals surface area contributed by atoms with Crippen LogP contribution in [0.1, 0.15) is 229 Å². The number of hydrogen-bond donors (Lipinski definition) is 2. The van der Waals surface area contributed by atoms with Crippen molar-refractivity contribution >= 4 is 17.4 Å². The second kappa shape index (κ2) is 34.9. The van der Waals surface area contributed by atoms with Gasteiger partial charge in [0.15, 0.2) is 11.5 Å². The van der Waals surface area contributed by atoms with Crippen molar-refractivity contribution in [1.29, 1.82) is 0 Å². The summed E-state index contributed by atoms with van der Waals surface area (Å²) < 4.78 is 19.5. The van der Waals surface area contributed by atoms with Crippen LogP contribution < -0.4 is 19.5 Å². The molecule has 2 aromatic carbocycles. The fourth-order valence-corrected chi connectivity index (χ4v) is 7.32. The Bertz CT molecular complexity index is 1230. The molecule has 0 radical (unpaired) electrons. The molecule has 2 N–H and O–H groups in total. The molecular weight excluding hydrogens is 707 g/mol. The summed E-state index contributed by atoms with van der Waals surface area (Å²) >= 11 is 0. The molecule has 0 saturated carbocycles. The van der Waals surface area contributed by atoms with Gasteiger partial charge in [0.1, 0.15) is 5.76 Å². The van der Waals surface area contributed by atoms with Gasteiger partial charge in [-0.15, -0.1) is 0 Å².